The number of nitrogens with zero attached hydrogens (tertiary/aromatic N) is 1. The third-order valence-corrected chi connectivity index (χ3v) is 1.23. The van der Waals surface area contributed by atoms with E-state index >= 15 is 0 Å². The summed E-state index contributed by atoms with van der Waals surface area (Å²) in [6.45, 7) is 0.840. The Kier molecular flexibility index (Phi) is 2.45. The molecule has 2 radical (unpaired) electrons. The fourth-order valence-corrected chi connectivity index (χ4v) is 0.808. The molecule has 50 valence electrons. The Morgan fingerprint density at radius 2 is 2.50 bits per heavy atom. The van der Waals surface area contributed by atoms with E-state index < -0.39 is 0 Å². The first-order valence-corrected chi connectivity index (χ1v) is 3.18. The van der Waals surface area contributed by atoms with Crippen molar-refractivity contribution in [1.29, 1.82) is 0 Å². The second kappa shape index (κ2) is 3.37. The molecule has 0 atom stereocenters. The van der Waals surface area contributed by atoms with Gasteiger partial charge >= 0.3 is 0 Å². The van der Waals surface area contributed by atoms with Gasteiger partial charge < -0.3 is 5.32 Å². The predicted molar refractivity (Wildman–Crippen MR) is 42.4 cm³/mol. The lowest BCUT2D eigenvalue weighted by atomic mass is 10.0. The van der Waals surface area contributed by atoms with Crippen molar-refractivity contribution in [1.82, 2.24) is 10.3 Å². The van der Waals surface area contributed by atoms with Gasteiger partial charge in [-0.2, -0.15) is 0 Å². The summed E-state index contributed by atoms with van der Waals surface area (Å²) in [6, 6.07) is 3.80. The zero-order valence-electron chi connectivity index (χ0n) is 5.96. The molecule has 0 aliphatic rings. The van der Waals surface area contributed by atoms with Crippen LogP contribution < -0.4 is 10.9 Å². The minimum absolute atomic E-state index is 0.577. The van der Waals surface area contributed by atoms with Crippen LogP contribution in [0.2, 0.25) is 0 Å². The molecule has 0 bridgehead atoms. The van der Waals surface area contributed by atoms with Crippen LogP contribution in [0.3, 0.4) is 0 Å². The SMILES string of the molecule is [B]c1cc(CNC)ccn1. The minimum Gasteiger partial charge on any atom is -0.316 e. The van der Waals surface area contributed by atoms with E-state index in [4.69, 9.17) is 7.85 Å². The lowest BCUT2D eigenvalue weighted by Crippen LogP contribution is -2.11. The Hall–Kier alpha value is -0.825. The van der Waals surface area contributed by atoms with Gasteiger partial charge in [0.1, 0.15) is 7.85 Å². The molecule has 1 aromatic rings. The third kappa shape index (κ3) is 1.85. The van der Waals surface area contributed by atoms with Crippen LogP contribution in [0, 0.1) is 0 Å². The molecule has 0 amide bonds. The van der Waals surface area contributed by atoms with Gasteiger partial charge in [-0.05, 0) is 30.3 Å². The Labute approximate surface area is 62.1 Å². The topological polar surface area (TPSA) is 24.9 Å². The van der Waals surface area contributed by atoms with E-state index in [1.54, 1.807) is 6.20 Å². The van der Waals surface area contributed by atoms with E-state index in [0.29, 0.717) is 5.59 Å². The smallest absolute Gasteiger partial charge is 0.141 e. The first-order valence-electron chi connectivity index (χ1n) is 3.18. The number of aromatic nitrogens is 1. The highest BCUT2D eigenvalue weighted by molar-refractivity contribution is 6.30. The summed E-state index contributed by atoms with van der Waals surface area (Å²) in [5.74, 6) is 0. The molecule has 1 aromatic heterocycles. The maximum Gasteiger partial charge on any atom is 0.141 e. The lowest BCUT2D eigenvalue weighted by molar-refractivity contribution is 0.817. The molecular formula is C7H9BN2. The number of pyridine rings is 1. The summed E-state index contributed by atoms with van der Waals surface area (Å²) >= 11 is 0. The van der Waals surface area contributed by atoms with E-state index in [-0.39, 0.29) is 0 Å². The Morgan fingerprint density at radius 3 is 3.10 bits per heavy atom. The number of rotatable bonds is 2. The van der Waals surface area contributed by atoms with Crippen LogP contribution in [0.4, 0.5) is 0 Å². The molecule has 0 aromatic carbocycles. The normalized spacial score (nSPS) is 9.70. The van der Waals surface area contributed by atoms with Crippen LogP contribution in [0.25, 0.3) is 0 Å². The van der Waals surface area contributed by atoms with Crippen molar-refractivity contribution in [3.05, 3.63) is 23.9 Å². The van der Waals surface area contributed by atoms with Crippen molar-refractivity contribution in [3.8, 4) is 0 Å². The molecule has 1 N–H and O–H groups in total. The monoisotopic (exact) mass is 132 g/mol. The number of nitrogens with one attached hydrogen (secondary N) is 1. The van der Waals surface area contributed by atoms with E-state index in [1.165, 1.54) is 0 Å². The highest BCUT2D eigenvalue weighted by atomic mass is 14.8. The van der Waals surface area contributed by atoms with Crippen molar-refractivity contribution in [2.45, 2.75) is 6.54 Å². The summed E-state index contributed by atoms with van der Waals surface area (Å²) in [5.41, 5.74) is 1.74. The average Bonchev–Trinajstić information content (AvgIpc) is 1.88. The van der Waals surface area contributed by atoms with Crippen molar-refractivity contribution in [2.75, 3.05) is 7.05 Å². The van der Waals surface area contributed by atoms with E-state index in [1.807, 2.05) is 19.2 Å². The van der Waals surface area contributed by atoms with Gasteiger partial charge in [-0.15, -0.1) is 0 Å². The summed E-state index contributed by atoms with van der Waals surface area (Å²) in [7, 11) is 7.35. The van der Waals surface area contributed by atoms with Gasteiger partial charge in [0, 0.05) is 12.7 Å². The molecule has 0 aliphatic heterocycles. The van der Waals surface area contributed by atoms with Crippen LogP contribution in [0.1, 0.15) is 5.56 Å². The van der Waals surface area contributed by atoms with E-state index in [0.717, 1.165) is 12.1 Å². The highest BCUT2D eigenvalue weighted by Gasteiger charge is 1.89. The fourth-order valence-electron chi connectivity index (χ4n) is 0.808. The molecule has 1 rings (SSSR count). The van der Waals surface area contributed by atoms with Crippen LogP contribution in [-0.4, -0.2) is 19.9 Å². The van der Waals surface area contributed by atoms with Gasteiger partial charge in [-0.3, -0.25) is 4.98 Å². The molecular weight excluding hydrogens is 123 g/mol. The highest BCUT2D eigenvalue weighted by Crippen LogP contribution is 1.91. The summed E-state index contributed by atoms with van der Waals surface area (Å²) < 4.78 is 0. The van der Waals surface area contributed by atoms with Gasteiger partial charge in [-0.1, -0.05) is 0 Å². The minimum atomic E-state index is 0.577. The van der Waals surface area contributed by atoms with E-state index in [9.17, 15) is 0 Å². The molecule has 0 spiro atoms. The first kappa shape index (κ1) is 7.28. The Bertz CT molecular complexity index is 213. The van der Waals surface area contributed by atoms with Crippen LogP contribution in [0.15, 0.2) is 18.3 Å². The molecule has 2 nitrogen and oxygen atoms in total. The van der Waals surface area contributed by atoms with Gasteiger partial charge in [-0.25, -0.2) is 0 Å². The largest absolute Gasteiger partial charge is 0.316 e. The summed E-state index contributed by atoms with van der Waals surface area (Å²) in [4.78, 5) is 3.87. The lowest BCUT2D eigenvalue weighted by Gasteiger charge is -1.99. The van der Waals surface area contributed by atoms with Crippen LogP contribution in [0.5, 0.6) is 0 Å². The molecule has 0 saturated heterocycles. The van der Waals surface area contributed by atoms with Crippen molar-refractivity contribution >= 4 is 13.4 Å². The average molecular weight is 132 g/mol. The third-order valence-electron chi connectivity index (χ3n) is 1.23. The maximum atomic E-state index is 5.45. The van der Waals surface area contributed by atoms with Crippen molar-refractivity contribution in [2.24, 2.45) is 0 Å². The zero-order chi connectivity index (χ0) is 7.40. The molecule has 0 unspecified atom stereocenters. The van der Waals surface area contributed by atoms with Gasteiger partial charge in [0.25, 0.3) is 0 Å². The molecule has 3 heteroatoms. The maximum absolute atomic E-state index is 5.45. The summed E-state index contributed by atoms with van der Waals surface area (Å²) in [5, 5.41) is 3.03. The molecule has 10 heavy (non-hydrogen) atoms. The fraction of sp³-hybridized carbons (Fsp3) is 0.286. The Morgan fingerprint density at radius 1 is 1.70 bits per heavy atom. The van der Waals surface area contributed by atoms with Gasteiger partial charge in [0.15, 0.2) is 0 Å². The predicted octanol–water partition coefficient (Wildman–Crippen LogP) is -0.405. The second-order valence-electron chi connectivity index (χ2n) is 2.12. The van der Waals surface area contributed by atoms with Gasteiger partial charge in [0.2, 0.25) is 0 Å². The van der Waals surface area contributed by atoms with E-state index in [2.05, 4.69) is 10.3 Å². The van der Waals surface area contributed by atoms with Gasteiger partial charge in [0.05, 0.1) is 0 Å². The molecule has 0 saturated carbocycles. The Balaban J connectivity index is 2.75. The van der Waals surface area contributed by atoms with Crippen LogP contribution in [-0.2, 0) is 6.54 Å². The quantitative estimate of drug-likeness (QED) is 0.553. The first-order chi connectivity index (χ1) is 4.83. The molecule has 1 heterocycles. The van der Waals surface area contributed by atoms with Crippen molar-refractivity contribution in [3.63, 3.8) is 0 Å². The standard InChI is InChI=1S/C7H9BN2/c1-9-5-6-2-3-10-7(8)4-6/h2-4,9H,5H2,1H3. The molecule has 0 aliphatic carbocycles. The number of hydrogen-bond acceptors (Lipinski definition) is 2. The zero-order valence-corrected chi connectivity index (χ0v) is 5.96. The van der Waals surface area contributed by atoms with Crippen molar-refractivity contribution < 1.29 is 0 Å². The number of hydrogen-bond donors (Lipinski definition) is 1. The second-order valence-corrected chi connectivity index (χ2v) is 2.12. The summed E-state index contributed by atoms with van der Waals surface area (Å²) in [6.07, 6.45) is 1.71. The van der Waals surface area contributed by atoms with Crippen LogP contribution >= 0.6 is 0 Å². The molecule has 0 fully saturated rings.